The van der Waals surface area contributed by atoms with Gasteiger partial charge in [-0.2, -0.15) is 0 Å². The zero-order chi connectivity index (χ0) is 15.1. The Hall–Kier alpha value is -1.80. The second-order valence-electron chi connectivity index (χ2n) is 5.41. The maximum atomic E-state index is 5.93. The Bertz CT molecular complexity index is 560. The van der Waals surface area contributed by atoms with E-state index < -0.39 is 0 Å². The summed E-state index contributed by atoms with van der Waals surface area (Å²) in [6, 6.07) is 14.9. The van der Waals surface area contributed by atoms with Crippen LogP contribution in [-0.4, -0.2) is 13.1 Å². The predicted octanol–water partition coefficient (Wildman–Crippen LogP) is 4.03. The van der Waals surface area contributed by atoms with Crippen LogP contribution in [0.25, 0.3) is 0 Å². The van der Waals surface area contributed by atoms with Crippen LogP contribution in [0.15, 0.2) is 42.5 Å². The SMILES string of the molecule is CCNCCc1ccc(COc2cccc(C)c2C)cc1. The van der Waals surface area contributed by atoms with E-state index in [9.17, 15) is 0 Å². The topological polar surface area (TPSA) is 21.3 Å². The van der Waals surface area contributed by atoms with E-state index in [0.29, 0.717) is 6.61 Å². The van der Waals surface area contributed by atoms with E-state index in [1.807, 2.05) is 12.1 Å². The number of hydrogen-bond acceptors (Lipinski definition) is 2. The van der Waals surface area contributed by atoms with E-state index in [4.69, 9.17) is 4.74 Å². The molecule has 2 aromatic carbocycles. The molecule has 2 aromatic rings. The summed E-state index contributed by atoms with van der Waals surface area (Å²) in [4.78, 5) is 0. The first kappa shape index (κ1) is 15.6. The van der Waals surface area contributed by atoms with Gasteiger partial charge in [-0.1, -0.05) is 43.3 Å². The molecule has 2 rings (SSSR count). The molecular formula is C19H25NO. The lowest BCUT2D eigenvalue weighted by Crippen LogP contribution is -2.15. The number of nitrogens with one attached hydrogen (secondary N) is 1. The highest BCUT2D eigenvalue weighted by molar-refractivity contribution is 5.38. The molecule has 0 aromatic heterocycles. The molecule has 0 amide bonds. The molecule has 2 heteroatoms. The van der Waals surface area contributed by atoms with E-state index in [2.05, 4.69) is 56.4 Å². The average molecular weight is 283 g/mol. The fraction of sp³-hybridized carbons (Fsp3) is 0.368. The summed E-state index contributed by atoms with van der Waals surface area (Å²) in [6.07, 6.45) is 1.08. The maximum absolute atomic E-state index is 5.93. The number of likely N-dealkylation sites (N-methyl/N-ethyl adjacent to an activating group) is 1. The molecule has 0 radical (unpaired) electrons. The lowest BCUT2D eigenvalue weighted by molar-refractivity contribution is 0.304. The van der Waals surface area contributed by atoms with Crippen LogP contribution in [-0.2, 0) is 13.0 Å². The first-order valence-electron chi connectivity index (χ1n) is 7.68. The van der Waals surface area contributed by atoms with E-state index in [-0.39, 0.29) is 0 Å². The Labute approximate surface area is 128 Å². The van der Waals surface area contributed by atoms with Crippen LogP contribution in [0, 0.1) is 13.8 Å². The number of aryl methyl sites for hydroxylation is 1. The molecule has 0 aliphatic heterocycles. The van der Waals surface area contributed by atoms with Crippen LogP contribution in [0.2, 0.25) is 0 Å². The lowest BCUT2D eigenvalue weighted by atomic mass is 10.1. The summed E-state index contributed by atoms with van der Waals surface area (Å²) < 4.78 is 5.93. The zero-order valence-corrected chi connectivity index (χ0v) is 13.3. The molecule has 0 unspecified atom stereocenters. The molecular weight excluding hydrogens is 258 g/mol. The van der Waals surface area contributed by atoms with E-state index >= 15 is 0 Å². The Morgan fingerprint density at radius 2 is 1.67 bits per heavy atom. The Morgan fingerprint density at radius 1 is 0.952 bits per heavy atom. The molecule has 0 aliphatic rings. The third kappa shape index (κ3) is 4.61. The Balaban J connectivity index is 1.90. The normalized spacial score (nSPS) is 10.6. The lowest BCUT2D eigenvalue weighted by Gasteiger charge is -2.11. The van der Waals surface area contributed by atoms with Gasteiger partial charge in [-0.25, -0.2) is 0 Å². The minimum absolute atomic E-state index is 0.623. The molecule has 1 N–H and O–H groups in total. The van der Waals surface area contributed by atoms with Crippen LogP contribution in [0.5, 0.6) is 5.75 Å². The summed E-state index contributed by atoms with van der Waals surface area (Å²) in [5.74, 6) is 0.978. The van der Waals surface area contributed by atoms with Crippen molar-refractivity contribution in [3.63, 3.8) is 0 Å². The van der Waals surface area contributed by atoms with Gasteiger partial charge in [-0.05, 0) is 61.7 Å². The molecule has 21 heavy (non-hydrogen) atoms. The zero-order valence-electron chi connectivity index (χ0n) is 13.3. The Kier molecular flexibility index (Phi) is 5.82. The van der Waals surface area contributed by atoms with E-state index in [0.717, 1.165) is 25.3 Å². The van der Waals surface area contributed by atoms with E-state index in [1.54, 1.807) is 0 Å². The van der Waals surface area contributed by atoms with Crippen molar-refractivity contribution in [3.8, 4) is 5.75 Å². The smallest absolute Gasteiger partial charge is 0.122 e. The molecule has 0 saturated heterocycles. The maximum Gasteiger partial charge on any atom is 0.122 e. The molecule has 0 bridgehead atoms. The fourth-order valence-corrected chi connectivity index (χ4v) is 2.25. The van der Waals surface area contributed by atoms with Gasteiger partial charge in [0, 0.05) is 0 Å². The Morgan fingerprint density at radius 3 is 2.38 bits per heavy atom. The summed E-state index contributed by atoms with van der Waals surface area (Å²) in [6.45, 7) is 9.04. The highest BCUT2D eigenvalue weighted by Gasteiger charge is 2.02. The molecule has 0 fully saturated rings. The van der Waals surface area contributed by atoms with Gasteiger partial charge in [0.1, 0.15) is 12.4 Å². The van der Waals surface area contributed by atoms with Crippen molar-refractivity contribution in [2.24, 2.45) is 0 Å². The summed E-state index contributed by atoms with van der Waals surface area (Å²) in [5, 5.41) is 3.34. The third-order valence-corrected chi connectivity index (χ3v) is 3.81. The molecule has 2 nitrogen and oxygen atoms in total. The van der Waals surface area contributed by atoms with Gasteiger partial charge in [0.15, 0.2) is 0 Å². The van der Waals surface area contributed by atoms with Gasteiger partial charge in [0.25, 0.3) is 0 Å². The number of benzene rings is 2. The van der Waals surface area contributed by atoms with Crippen LogP contribution < -0.4 is 10.1 Å². The van der Waals surface area contributed by atoms with Crippen molar-refractivity contribution in [2.75, 3.05) is 13.1 Å². The van der Waals surface area contributed by atoms with Gasteiger partial charge in [-0.3, -0.25) is 0 Å². The van der Waals surface area contributed by atoms with Gasteiger partial charge < -0.3 is 10.1 Å². The van der Waals surface area contributed by atoms with Crippen molar-refractivity contribution < 1.29 is 4.74 Å². The van der Waals surface area contributed by atoms with Crippen molar-refractivity contribution in [3.05, 3.63) is 64.7 Å². The van der Waals surface area contributed by atoms with Gasteiger partial charge in [0.2, 0.25) is 0 Å². The summed E-state index contributed by atoms with van der Waals surface area (Å²) in [7, 11) is 0. The predicted molar refractivity (Wildman–Crippen MR) is 88.9 cm³/mol. The van der Waals surface area contributed by atoms with Crippen molar-refractivity contribution in [1.82, 2.24) is 5.32 Å². The molecule has 0 atom stereocenters. The minimum atomic E-state index is 0.623. The molecule has 112 valence electrons. The fourth-order valence-electron chi connectivity index (χ4n) is 2.25. The number of ether oxygens (including phenoxy) is 1. The number of hydrogen-bond donors (Lipinski definition) is 1. The molecule has 0 aliphatic carbocycles. The van der Waals surface area contributed by atoms with Crippen molar-refractivity contribution in [1.29, 1.82) is 0 Å². The summed E-state index contributed by atoms with van der Waals surface area (Å²) >= 11 is 0. The third-order valence-electron chi connectivity index (χ3n) is 3.81. The van der Waals surface area contributed by atoms with Crippen molar-refractivity contribution in [2.45, 2.75) is 33.8 Å². The minimum Gasteiger partial charge on any atom is -0.489 e. The largest absolute Gasteiger partial charge is 0.489 e. The first-order chi connectivity index (χ1) is 10.2. The second-order valence-corrected chi connectivity index (χ2v) is 5.41. The number of rotatable bonds is 7. The summed E-state index contributed by atoms with van der Waals surface area (Å²) in [5.41, 5.74) is 5.07. The highest BCUT2D eigenvalue weighted by Crippen LogP contribution is 2.21. The molecule has 0 saturated carbocycles. The van der Waals surface area contributed by atoms with Crippen LogP contribution in [0.3, 0.4) is 0 Å². The molecule has 0 heterocycles. The second kappa shape index (κ2) is 7.84. The van der Waals surface area contributed by atoms with Crippen LogP contribution in [0.4, 0.5) is 0 Å². The molecule has 0 spiro atoms. The van der Waals surface area contributed by atoms with Crippen LogP contribution >= 0.6 is 0 Å². The monoisotopic (exact) mass is 283 g/mol. The van der Waals surface area contributed by atoms with Gasteiger partial charge >= 0.3 is 0 Å². The first-order valence-corrected chi connectivity index (χ1v) is 7.68. The van der Waals surface area contributed by atoms with Gasteiger partial charge in [0.05, 0.1) is 0 Å². The quantitative estimate of drug-likeness (QED) is 0.775. The van der Waals surface area contributed by atoms with E-state index in [1.165, 1.54) is 22.3 Å². The average Bonchev–Trinajstić information content (AvgIpc) is 2.50. The van der Waals surface area contributed by atoms with Crippen LogP contribution in [0.1, 0.15) is 29.2 Å². The van der Waals surface area contributed by atoms with Gasteiger partial charge in [-0.15, -0.1) is 0 Å². The van der Waals surface area contributed by atoms with Crippen molar-refractivity contribution >= 4 is 0 Å². The standard InChI is InChI=1S/C19H25NO/c1-4-20-13-12-17-8-10-18(11-9-17)14-21-19-7-5-6-15(2)16(19)3/h5-11,20H,4,12-14H2,1-3H3. The highest BCUT2D eigenvalue weighted by atomic mass is 16.5.